The summed E-state index contributed by atoms with van der Waals surface area (Å²) in [5.41, 5.74) is 5.98. The number of carbonyl (C=O) groups is 2. The van der Waals surface area contributed by atoms with E-state index in [2.05, 4.69) is 178 Å². The summed E-state index contributed by atoms with van der Waals surface area (Å²) in [6.45, 7) is 36.5. The average molecular weight is 833 g/mol. The van der Waals surface area contributed by atoms with E-state index in [1.165, 1.54) is 25.0 Å². The van der Waals surface area contributed by atoms with Crippen molar-refractivity contribution in [3.05, 3.63) is 131 Å². The largest absolute Gasteiger partial charge is 0.460 e. The number of ether oxygens (including phenoxy) is 2. The van der Waals surface area contributed by atoms with Gasteiger partial charge in [-0.05, 0) is 134 Å². The fourth-order valence-electron chi connectivity index (χ4n) is 6.16. The van der Waals surface area contributed by atoms with Gasteiger partial charge in [-0.2, -0.15) is 0 Å². The van der Waals surface area contributed by atoms with Crippen LogP contribution in [-0.2, 0) is 27.9 Å². The van der Waals surface area contributed by atoms with E-state index in [-0.39, 0.29) is 24.1 Å². The third kappa shape index (κ3) is 28.8. The summed E-state index contributed by atoms with van der Waals surface area (Å²) in [4.78, 5) is 23.6. The number of esters is 2. The third-order valence-corrected chi connectivity index (χ3v) is 10.9. The average Bonchev–Trinajstić information content (AvgIpc) is 3.04. The predicted octanol–water partition coefficient (Wildman–Crippen LogP) is 14.1. The van der Waals surface area contributed by atoms with Gasteiger partial charge in [-0.25, -0.2) is 0 Å². The lowest BCUT2D eigenvalue weighted by molar-refractivity contribution is -0.158. The Morgan fingerprint density at radius 3 is 0.966 bits per heavy atom. The molecule has 0 rings (SSSR count). The quantitative estimate of drug-likeness (QED) is 0.0548. The molecular formula is C50H80O6Si2. The van der Waals surface area contributed by atoms with Crippen LogP contribution in [0.3, 0.4) is 0 Å². The molecule has 0 radical (unpaired) electrons. The highest BCUT2D eigenvalue weighted by Gasteiger charge is 2.38. The van der Waals surface area contributed by atoms with Gasteiger partial charge < -0.3 is 18.3 Å². The molecule has 6 nitrogen and oxygen atoms in total. The summed E-state index contributed by atoms with van der Waals surface area (Å²) in [5.74, 6) is -0.550. The molecule has 0 saturated heterocycles. The fourth-order valence-corrected chi connectivity index (χ4v) is 9.58. The van der Waals surface area contributed by atoms with Crippen LogP contribution in [-0.4, -0.2) is 52.0 Å². The smallest absolute Gasteiger partial charge is 0.303 e. The Morgan fingerprint density at radius 1 is 0.448 bits per heavy atom. The Kier molecular flexibility index (Phi) is 24.9. The lowest BCUT2D eigenvalue weighted by Gasteiger charge is -2.38. The highest BCUT2D eigenvalue weighted by Crippen LogP contribution is 2.29. The highest BCUT2D eigenvalue weighted by atomic mass is 28.4. The molecule has 0 aliphatic heterocycles. The van der Waals surface area contributed by atoms with Crippen LogP contribution in [0, 0.1) is 0 Å². The Bertz CT molecular complexity index is 1530. The number of allylic oxidation sites excluding steroid dienone is 22. The van der Waals surface area contributed by atoms with E-state index in [1.807, 2.05) is 27.7 Å². The van der Waals surface area contributed by atoms with E-state index in [4.69, 9.17) is 18.3 Å². The summed E-state index contributed by atoms with van der Waals surface area (Å²) in [6, 6.07) is 0. The Morgan fingerprint density at radius 2 is 0.707 bits per heavy atom. The van der Waals surface area contributed by atoms with Crippen LogP contribution < -0.4 is 0 Å². The van der Waals surface area contributed by atoms with Crippen LogP contribution in [0.1, 0.15) is 109 Å². The first-order chi connectivity index (χ1) is 26.6. The Balaban J connectivity index is 5.11. The molecule has 0 saturated carbocycles. The summed E-state index contributed by atoms with van der Waals surface area (Å²) in [6.07, 6.45) is 35.9. The van der Waals surface area contributed by atoms with Crippen molar-refractivity contribution >= 4 is 28.6 Å². The van der Waals surface area contributed by atoms with E-state index in [9.17, 15) is 9.59 Å². The third-order valence-electron chi connectivity index (χ3n) is 8.65. The zero-order valence-electron chi connectivity index (χ0n) is 39.7. The van der Waals surface area contributed by atoms with Crippen molar-refractivity contribution in [3.8, 4) is 0 Å². The lowest BCUT2D eigenvalue weighted by Crippen LogP contribution is -2.48. The monoisotopic (exact) mass is 833 g/mol. The van der Waals surface area contributed by atoms with Crippen LogP contribution in [0.25, 0.3) is 0 Å². The molecule has 0 heterocycles. The molecule has 0 unspecified atom stereocenters. The molecule has 2 atom stereocenters. The van der Waals surface area contributed by atoms with Gasteiger partial charge in [0, 0.05) is 13.8 Å². The van der Waals surface area contributed by atoms with Crippen LogP contribution >= 0.6 is 0 Å². The topological polar surface area (TPSA) is 71.1 Å². The SMILES string of the molecule is CC(=O)O[C@H](CC/C(C)=C/C=C/C(C)=C/C=C/C(C)=C/C=C/C=C(C)/C=C/C=C(C)/C=C/C=C(\C)CC[C@@H](OC(C)=O)C(C)(C)O[Si](C)(C)C)C(C)(C)O[Si](C)(C)C. The molecule has 0 aromatic rings. The molecule has 58 heavy (non-hydrogen) atoms. The molecule has 324 valence electrons. The predicted molar refractivity (Wildman–Crippen MR) is 255 cm³/mol. The zero-order chi connectivity index (χ0) is 44.7. The van der Waals surface area contributed by atoms with Crippen LogP contribution in [0.15, 0.2) is 131 Å². The maximum atomic E-state index is 11.8. The van der Waals surface area contributed by atoms with Gasteiger partial charge in [-0.1, -0.05) is 131 Å². The van der Waals surface area contributed by atoms with Gasteiger partial charge in [0.05, 0.1) is 11.2 Å². The van der Waals surface area contributed by atoms with E-state index >= 15 is 0 Å². The second-order valence-corrected chi connectivity index (χ2v) is 27.3. The lowest BCUT2D eigenvalue weighted by atomic mass is 9.95. The second kappa shape index (κ2) is 26.5. The number of rotatable bonds is 24. The Hall–Kier alpha value is -3.57. The molecule has 8 heteroatoms. The van der Waals surface area contributed by atoms with Gasteiger partial charge in [-0.3, -0.25) is 9.59 Å². The molecule has 0 aliphatic rings. The zero-order valence-corrected chi connectivity index (χ0v) is 41.7. The van der Waals surface area contributed by atoms with Crippen molar-refractivity contribution in [2.75, 3.05) is 0 Å². The molecule has 0 amide bonds. The first-order valence-electron chi connectivity index (χ1n) is 20.8. The second-order valence-electron chi connectivity index (χ2n) is 18.4. The van der Waals surface area contributed by atoms with Crippen LogP contribution in [0.2, 0.25) is 39.3 Å². The minimum Gasteiger partial charge on any atom is -0.460 e. The van der Waals surface area contributed by atoms with Gasteiger partial charge >= 0.3 is 11.9 Å². The van der Waals surface area contributed by atoms with Crippen molar-refractivity contribution in [1.82, 2.24) is 0 Å². The molecule has 0 spiro atoms. The van der Waals surface area contributed by atoms with Gasteiger partial charge in [0.25, 0.3) is 0 Å². The Labute approximate surface area is 357 Å². The van der Waals surface area contributed by atoms with Gasteiger partial charge in [-0.15, -0.1) is 0 Å². The first-order valence-corrected chi connectivity index (χ1v) is 27.6. The standard InChI is InChI=1S/C50H80O6Si2/c1-39(27-21-29-41(3)31-23-33-43(5)35-37-47(53-45(7)51)49(9,10)55-57(13,14)15)25-19-20-26-40(2)28-22-30-42(4)32-24-34-44(6)36-38-48(54-46(8)52)50(11,12)56-58(16,17)18/h19-34,47-48H,35-38H2,1-18H3/b20-19+,27-21+,28-22+,31-23+,32-24+,39-25+,40-26+,41-29+,42-30+,43-33+,44-34+/t47-,48-/m1/s1. The van der Waals surface area contributed by atoms with Crippen molar-refractivity contribution in [1.29, 1.82) is 0 Å². The molecule has 0 bridgehead atoms. The molecular weight excluding hydrogens is 753 g/mol. The number of hydrogen-bond donors (Lipinski definition) is 0. The van der Waals surface area contributed by atoms with Gasteiger partial charge in [0.1, 0.15) is 12.2 Å². The van der Waals surface area contributed by atoms with Crippen LogP contribution in [0.5, 0.6) is 0 Å². The number of carbonyl (C=O) groups excluding carboxylic acids is 2. The first kappa shape index (κ1) is 54.4. The molecule has 0 fully saturated rings. The minimum absolute atomic E-state index is 0.275. The van der Waals surface area contributed by atoms with Crippen molar-refractivity contribution in [3.63, 3.8) is 0 Å². The van der Waals surface area contributed by atoms with Crippen molar-refractivity contribution < 1.29 is 27.9 Å². The number of hydrogen-bond acceptors (Lipinski definition) is 6. The molecule has 0 aliphatic carbocycles. The molecule has 0 aromatic heterocycles. The van der Waals surface area contributed by atoms with Gasteiger partial charge in [0.15, 0.2) is 16.6 Å². The van der Waals surface area contributed by atoms with E-state index in [1.54, 1.807) is 0 Å². The minimum atomic E-state index is -1.80. The maximum absolute atomic E-state index is 11.8. The van der Waals surface area contributed by atoms with Crippen molar-refractivity contribution in [2.45, 2.75) is 171 Å². The van der Waals surface area contributed by atoms with E-state index in [0.717, 1.165) is 35.1 Å². The van der Waals surface area contributed by atoms with Crippen LogP contribution in [0.4, 0.5) is 0 Å². The summed E-state index contributed by atoms with van der Waals surface area (Å²) in [5, 5.41) is 0. The summed E-state index contributed by atoms with van der Waals surface area (Å²) >= 11 is 0. The van der Waals surface area contributed by atoms with E-state index in [0.29, 0.717) is 12.8 Å². The fraction of sp³-hybridized carbons (Fsp3) is 0.520. The van der Waals surface area contributed by atoms with Crippen molar-refractivity contribution in [2.24, 2.45) is 0 Å². The molecule has 0 N–H and O–H groups in total. The molecule has 0 aromatic carbocycles. The summed E-state index contributed by atoms with van der Waals surface area (Å²) in [7, 11) is -3.61. The normalized spacial score (nSPS) is 16.4. The van der Waals surface area contributed by atoms with E-state index < -0.39 is 27.8 Å². The maximum Gasteiger partial charge on any atom is 0.303 e. The highest BCUT2D eigenvalue weighted by molar-refractivity contribution is 6.70. The summed E-state index contributed by atoms with van der Waals surface area (Å²) < 4.78 is 24.1. The van der Waals surface area contributed by atoms with Gasteiger partial charge in [0.2, 0.25) is 0 Å².